The summed E-state index contributed by atoms with van der Waals surface area (Å²) in [7, 11) is 0. The van der Waals surface area contributed by atoms with Crippen molar-refractivity contribution in [3.8, 4) is 0 Å². The fraction of sp³-hybridized carbons (Fsp3) is 0.545. The van der Waals surface area contributed by atoms with Gasteiger partial charge in [0.15, 0.2) is 0 Å². The maximum Gasteiger partial charge on any atom is 0.300 e. The van der Waals surface area contributed by atoms with Crippen LogP contribution in [0.5, 0.6) is 0 Å². The summed E-state index contributed by atoms with van der Waals surface area (Å²) in [5, 5.41) is 33.3. The van der Waals surface area contributed by atoms with Gasteiger partial charge >= 0.3 is 0 Å². The molecule has 202 valence electrons. The second-order valence-corrected chi connectivity index (χ2v) is 7.04. The molecule has 1 aliphatic heterocycles. The molecular formula is C22H41N5O8. The summed E-state index contributed by atoms with van der Waals surface area (Å²) in [6.07, 6.45) is 7.56. The van der Waals surface area contributed by atoms with Gasteiger partial charge < -0.3 is 20.4 Å². The van der Waals surface area contributed by atoms with Crippen molar-refractivity contribution < 1.29 is 39.6 Å². The minimum atomic E-state index is -0.833. The Morgan fingerprint density at radius 1 is 0.714 bits per heavy atom. The summed E-state index contributed by atoms with van der Waals surface area (Å²) < 4.78 is 0. The Balaban J connectivity index is -0.000000524. The van der Waals surface area contributed by atoms with Crippen LogP contribution >= 0.6 is 0 Å². The number of rotatable bonds is 1. The summed E-state index contributed by atoms with van der Waals surface area (Å²) in [5.74, 6) is 2.74. The molecule has 0 spiro atoms. The summed E-state index contributed by atoms with van der Waals surface area (Å²) in [6, 6.07) is 10.2. The number of aliphatic carboxylic acids is 4. The third-order valence-electron chi connectivity index (χ3n) is 3.43. The van der Waals surface area contributed by atoms with Crippen LogP contribution in [0.25, 0.3) is 0 Å². The van der Waals surface area contributed by atoms with Gasteiger partial charge in [-0.1, -0.05) is 49.1 Å². The zero-order valence-corrected chi connectivity index (χ0v) is 20.9. The lowest BCUT2D eigenvalue weighted by Gasteiger charge is -2.33. The number of carboxylic acid groups (broad SMARTS) is 4. The number of anilines is 1. The van der Waals surface area contributed by atoms with Gasteiger partial charge in [0.05, 0.1) is 5.69 Å². The topological polar surface area (TPSA) is 206 Å². The van der Waals surface area contributed by atoms with Crippen molar-refractivity contribution in [2.75, 3.05) is 18.1 Å². The highest BCUT2D eigenvalue weighted by Gasteiger charge is 2.12. The van der Waals surface area contributed by atoms with E-state index in [4.69, 9.17) is 45.4 Å². The highest BCUT2D eigenvalue weighted by Crippen LogP contribution is 2.15. The first-order valence-electron chi connectivity index (χ1n) is 10.9. The van der Waals surface area contributed by atoms with Gasteiger partial charge in [-0.3, -0.25) is 24.2 Å². The first kappa shape index (κ1) is 36.3. The van der Waals surface area contributed by atoms with Crippen LogP contribution in [0.1, 0.15) is 66.2 Å². The molecule has 35 heavy (non-hydrogen) atoms. The van der Waals surface area contributed by atoms with E-state index in [1.807, 2.05) is 18.2 Å². The van der Waals surface area contributed by atoms with Crippen molar-refractivity contribution in [2.24, 2.45) is 5.84 Å². The highest BCUT2D eigenvalue weighted by atomic mass is 16.4. The molecule has 0 aliphatic carbocycles. The largest absolute Gasteiger partial charge is 0.481 e. The fourth-order valence-electron chi connectivity index (χ4n) is 2.34. The number of nitrogens with two attached hydrogens (primary N) is 1. The van der Waals surface area contributed by atoms with Crippen molar-refractivity contribution in [2.45, 2.75) is 66.2 Å². The minimum absolute atomic E-state index is 0.833. The quantitative estimate of drug-likeness (QED) is 0.275. The van der Waals surface area contributed by atoms with Gasteiger partial charge in [-0.2, -0.15) is 5.53 Å². The van der Waals surface area contributed by atoms with Crippen molar-refractivity contribution in [1.82, 2.24) is 16.2 Å². The van der Waals surface area contributed by atoms with E-state index in [2.05, 4.69) is 28.1 Å². The Labute approximate surface area is 206 Å². The maximum absolute atomic E-state index is 9.00. The SMILES string of the molecule is CC(=O)O.CC(=O)O.CC(=O)O.CC(=O)O.NN1NNCCCCCCCCN1c1ccccc1. The second-order valence-electron chi connectivity index (χ2n) is 7.04. The molecule has 0 atom stereocenters. The lowest BCUT2D eigenvalue weighted by Crippen LogP contribution is -2.60. The van der Waals surface area contributed by atoms with Crippen LogP contribution in [0.3, 0.4) is 0 Å². The minimum Gasteiger partial charge on any atom is -0.481 e. The zero-order valence-electron chi connectivity index (χ0n) is 20.9. The molecule has 1 aromatic carbocycles. The molecule has 0 amide bonds. The van der Waals surface area contributed by atoms with Gasteiger partial charge in [0.1, 0.15) is 0 Å². The molecule has 1 aliphatic rings. The molecule has 0 saturated carbocycles. The lowest BCUT2D eigenvalue weighted by atomic mass is 10.1. The first-order chi connectivity index (χ1) is 16.3. The van der Waals surface area contributed by atoms with Crippen LogP contribution in [0.15, 0.2) is 30.3 Å². The van der Waals surface area contributed by atoms with E-state index >= 15 is 0 Å². The van der Waals surface area contributed by atoms with Crippen LogP contribution in [-0.2, 0) is 19.2 Å². The van der Waals surface area contributed by atoms with Gasteiger partial charge in [-0.25, -0.2) is 11.3 Å². The standard InChI is InChI=1S/C14H25N5.4C2H4O2/c15-19-17-16-12-8-3-1-2-4-9-13-18(19)14-10-6-5-7-11-14;4*1-2(3)4/h5-7,10-11,16-17H,1-4,8-9,12-13,15H2;4*1H3,(H,3,4). The normalized spacial score (nSPS) is 14.0. The van der Waals surface area contributed by atoms with Crippen LogP contribution in [0, 0.1) is 0 Å². The number of hydrogen-bond donors (Lipinski definition) is 7. The monoisotopic (exact) mass is 503 g/mol. The van der Waals surface area contributed by atoms with E-state index < -0.39 is 23.9 Å². The summed E-state index contributed by atoms with van der Waals surface area (Å²) >= 11 is 0. The van der Waals surface area contributed by atoms with E-state index in [0.717, 1.165) is 52.9 Å². The van der Waals surface area contributed by atoms with Gasteiger partial charge in [0.2, 0.25) is 0 Å². The van der Waals surface area contributed by atoms with Crippen molar-refractivity contribution in [3.05, 3.63) is 30.3 Å². The molecule has 1 aromatic rings. The molecule has 8 N–H and O–H groups in total. The number of hydrogen-bond acceptors (Lipinski definition) is 9. The summed E-state index contributed by atoms with van der Waals surface area (Å²) in [6.45, 7) is 6.20. The molecule has 0 radical (unpaired) electrons. The molecular weight excluding hydrogens is 462 g/mol. The molecule has 13 heteroatoms. The van der Waals surface area contributed by atoms with Crippen LogP contribution in [0.2, 0.25) is 0 Å². The molecule has 1 fully saturated rings. The van der Waals surface area contributed by atoms with Crippen molar-refractivity contribution in [3.63, 3.8) is 0 Å². The van der Waals surface area contributed by atoms with Gasteiger partial charge in [0, 0.05) is 40.8 Å². The molecule has 0 unspecified atom stereocenters. The Kier molecular flexibility index (Phi) is 26.3. The van der Waals surface area contributed by atoms with Crippen LogP contribution < -0.4 is 21.8 Å². The number of nitrogens with zero attached hydrogens (tertiary/aromatic N) is 2. The number of carboxylic acids is 4. The maximum atomic E-state index is 9.00. The number of nitrogens with one attached hydrogen (secondary N) is 2. The smallest absolute Gasteiger partial charge is 0.300 e. The van der Waals surface area contributed by atoms with E-state index in [1.54, 1.807) is 5.23 Å². The van der Waals surface area contributed by atoms with E-state index in [-0.39, 0.29) is 0 Å². The lowest BCUT2D eigenvalue weighted by molar-refractivity contribution is -0.135. The van der Waals surface area contributed by atoms with Crippen LogP contribution in [-0.4, -0.2) is 62.6 Å². The van der Waals surface area contributed by atoms with E-state index in [9.17, 15) is 0 Å². The number of benzene rings is 1. The molecule has 0 aromatic heterocycles. The van der Waals surface area contributed by atoms with E-state index in [0.29, 0.717) is 0 Å². The molecule has 2 rings (SSSR count). The van der Waals surface area contributed by atoms with Gasteiger partial charge in [-0.15, -0.1) is 0 Å². The number of hydrazine groups is 4. The average Bonchev–Trinajstić information content (AvgIpc) is 2.70. The van der Waals surface area contributed by atoms with Crippen molar-refractivity contribution >= 4 is 29.6 Å². The molecule has 1 saturated heterocycles. The Morgan fingerprint density at radius 3 is 1.51 bits per heavy atom. The van der Waals surface area contributed by atoms with E-state index in [1.165, 1.54) is 32.1 Å². The Bertz CT molecular complexity index is 628. The summed E-state index contributed by atoms with van der Waals surface area (Å²) in [4.78, 5) is 36.0. The predicted molar refractivity (Wildman–Crippen MR) is 132 cm³/mol. The Hall–Kier alpha value is -3.26. The summed E-state index contributed by atoms with van der Waals surface area (Å²) in [5.41, 5.74) is 7.31. The first-order valence-corrected chi connectivity index (χ1v) is 10.9. The predicted octanol–water partition coefficient (Wildman–Crippen LogP) is 2.31. The highest BCUT2D eigenvalue weighted by molar-refractivity contribution is 5.63. The number of para-hydroxylation sites is 1. The van der Waals surface area contributed by atoms with Crippen molar-refractivity contribution in [1.29, 1.82) is 0 Å². The second kappa shape index (κ2) is 25.4. The fourth-order valence-corrected chi connectivity index (χ4v) is 2.34. The van der Waals surface area contributed by atoms with Gasteiger partial charge in [-0.05, 0) is 25.0 Å². The zero-order chi connectivity index (χ0) is 27.6. The molecule has 0 bridgehead atoms. The third kappa shape index (κ3) is 38.3. The van der Waals surface area contributed by atoms with Gasteiger partial charge in [0.25, 0.3) is 23.9 Å². The third-order valence-corrected chi connectivity index (χ3v) is 3.43. The molecule has 1 heterocycles. The molecule has 13 nitrogen and oxygen atoms in total. The van der Waals surface area contributed by atoms with Crippen LogP contribution in [0.4, 0.5) is 5.69 Å². The Morgan fingerprint density at radius 2 is 1.09 bits per heavy atom. The average molecular weight is 504 g/mol. The number of carbonyl (C=O) groups is 4.